The van der Waals surface area contributed by atoms with Crippen molar-refractivity contribution < 1.29 is 4.79 Å². The van der Waals surface area contributed by atoms with Crippen molar-refractivity contribution in [2.24, 2.45) is 7.05 Å². The summed E-state index contributed by atoms with van der Waals surface area (Å²) < 4.78 is 1.70. The lowest BCUT2D eigenvalue weighted by Gasteiger charge is -2.09. The van der Waals surface area contributed by atoms with Gasteiger partial charge in [0.25, 0.3) is 0 Å². The maximum absolute atomic E-state index is 11.8. The molecule has 1 N–H and O–H groups in total. The number of rotatable bonds is 4. The molecule has 1 atom stereocenters. The summed E-state index contributed by atoms with van der Waals surface area (Å²) in [7, 11) is 1.84. The average molecular weight is 242 g/mol. The molecule has 1 aliphatic rings. The monoisotopic (exact) mass is 241 g/mol. The van der Waals surface area contributed by atoms with E-state index in [-0.39, 0.29) is 5.91 Å². The Labute approximate surface area is 100.0 Å². The molecule has 88 valence electrons. The smallest absolute Gasteiger partial charge is 0.242 e. The van der Waals surface area contributed by atoms with E-state index in [9.17, 15) is 4.79 Å². The van der Waals surface area contributed by atoms with Gasteiger partial charge >= 0.3 is 0 Å². The molecular formula is C11H16ClN3O. The zero-order valence-electron chi connectivity index (χ0n) is 9.53. The molecule has 1 unspecified atom stereocenters. The lowest BCUT2D eigenvalue weighted by atomic mass is 10.1. The quantitative estimate of drug-likeness (QED) is 0.813. The van der Waals surface area contributed by atoms with Crippen LogP contribution in [0.4, 0.5) is 0 Å². The van der Waals surface area contributed by atoms with Crippen molar-refractivity contribution in [2.75, 3.05) is 0 Å². The first-order valence-electron chi connectivity index (χ1n) is 5.58. The minimum absolute atomic E-state index is 0.105. The van der Waals surface area contributed by atoms with Crippen LogP contribution < -0.4 is 5.32 Å². The van der Waals surface area contributed by atoms with E-state index >= 15 is 0 Å². The van der Waals surface area contributed by atoms with Crippen molar-refractivity contribution in [3.63, 3.8) is 0 Å². The van der Waals surface area contributed by atoms with E-state index in [1.54, 1.807) is 4.68 Å². The van der Waals surface area contributed by atoms with Crippen molar-refractivity contribution >= 4 is 17.5 Å². The molecule has 16 heavy (non-hydrogen) atoms. The summed E-state index contributed by atoms with van der Waals surface area (Å²) in [6.07, 6.45) is 4.76. The predicted molar refractivity (Wildman–Crippen MR) is 62.3 cm³/mol. The second kappa shape index (κ2) is 4.45. The summed E-state index contributed by atoms with van der Waals surface area (Å²) in [5.74, 6) is -0.105. The summed E-state index contributed by atoms with van der Waals surface area (Å²) in [5.41, 5.74) is 1.72. The van der Waals surface area contributed by atoms with Gasteiger partial charge in [-0.15, -0.1) is 11.6 Å². The van der Waals surface area contributed by atoms with Crippen LogP contribution in [-0.2, 0) is 18.3 Å². The molecule has 1 aromatic rings. The third-order valence-electron chi connectivity index (χ3n) is 2.70. The normalized spacial score (nSPS) is 17.2. The minimum Gasteiger partial charge on any atom is -0.352 e. The number of aryl methyl sites for hydroxylation is 2. The van der Waals surface area contributed by atoms with E-state index in [2.05, 4.69) is 10.4 Å². The Morgan fingerprint density at radius 3 is 3.00 bits per heavy atom. The van der Waals surface area contributed by atoms with Gasteiger partial charge in [-0.05, 0) is 19.3 Å². The maximum atomic E-state index is 11.8. The van der Waals surface area contributed by atoms with Gasteiger partial charge in [0.05, 0.1) is 5.69 Å². The lowest BCUT2D eigenvalue weighted by molar-refractivity contribution is -0.121. The summed E-state index contributed by atoms with van der Waals surface area (Å²) in [6, 6.07) is 0.343. The summed E-state index contributed by atoms with van der Waals surface area (Å²) in [6.45, 7) is 2.01. The molecule has 1 amide bonds. The number of carbonyl (C=O) groups is 1. The number of alkyl halides is 1. The second-order valence-electron chi connectivity index (χ2n) is 4.20. The first kappa shape index (κ1) is 11.5. The molecule has 1 fully saturated rings. The SMILES string of the molecule is CCc1nn(C)cc1C(Cl)C(=O)NC1CC1. The van der Waals surface area contributed by atoms with Gasteiger partial charge in [0.2, 0.25) is 5.91 Å². The number of hydrogen-bond donors (Lipinski definition) is 1. The number of amides is 1. The molecule has 2 rings (SSSR count). The molecule has 5 heteroatoms. The molecule has 0 saturated heterocycles. The van der Waals surface area contributed by atoms with E-state index in [4.69, 9.17) is 11.6 Å². The highest BCUT2D eigenvalue weighted by atomic mass is 35.5. The number of halogens is 1. The number of aromatic nitrogens is 2. The highest BCUT2D eigenvalue weighted by Crippen LogP contribution is 2.26. The Hall–Kier alpha value is -1.03. The summed E-state index contributed by atoms with van der Waals surface area (Å²) in [4.78, 5) is 11.8. The molecule has 1 heterocycles. The largest absolute Gasteiger partial charge is 0.352 e. The van der Waals surface area contributed by atoms with E-state index in [0.29, 0.717) is 6.04 Å². The zero-order chi connectivity index (χ0) is 11.7. The van der Waals surface area contributed by atoms with E-state index < -0.39 is 5.38 Å². The Morgan fingerprint density at radius 2 is 2.44 bits per heavy atom. The van der Waals surface area contributed by atoms with Gasteiger partial charge in [0, 0.05) is 24.8 Å². The standard InChI is InChI=1S/C11H16ClN3O/c1-3-9-8(6-15(2)14-9)10(12)11(16)13-7-4-5-7/h6-7,10H,3-5H2,1-2H3,(H,13,16). The van der Waals surface area contributed by atoms with Crippen LogP contribution >= 0.6 is 11.6 Å². The van der Waals surface area contributed by atoms with Crippen LogP contribution in [0.5, 0.6) is 0 Å². The second-order valence-corrected chi connectivity index (χ2v) is 4.64. The van der Waals surface area contributed by atoms with Crippen LogP contribution in [0.25, 0.3) is 0 Å². The van der Waals surface area contributed by atoms with Crippen LogP contribution in [0.1, 0.15) is 36.4 Å². The Morgan fingerprint density at radius 1 is 1.75 bits per heavy atom. The van der Waals surface area contributed by atoms with Crippen LogP contribution in [0.15, 0.2) is 6.20 Å². The zero-order valence-corrected chi connectivity index (χ0v) is 10.3. The van der Waals surface area contributed by atoms with Gasteiger partial charge in [-0.3, -0.25) is 9.48 Å². The van der Waals surface area contributed by atoms with Crippen LogP contribution in [0, 0.1) is 0 Å². The number of nitrogens with zero attached hydrogens (tertiary/aromatic N) is 2. The van der Waals surface area contributed by atoms with Gasteiger partial charge in [0.1, 0.15) is 5.38 Å². The molecule has 0 aromatic carbocycles. The predicted octanol–water partition coefficient (Wildman–Crippen LogP) is 1.54. The van der Waals surface area contributed by atoms with Crippen LogP contribution in [-0.4, -0.2) is 21.7 Å². The van der Waals surface area contributed by atoms with Crippen molar-refractivity contribution in [1.29, 1.82) is 0 Å². The van der Waals surface area contributed by atoms with Gasteiger partial charge in [-0.1, -0.05) is 6.92 Å². The molecule has 0 radical (unpaired) electrons. The Bertz CT molecular complexity index is 398. The topological polar surface area (TPSA) is 46.9 Å². The molecule has 0 aliphatic heterocycles. The molecule has 1 saturated carbocycles. The first-order chi connectivity index (χ1) is 7.61. The number of carbonyl (C=O) groups excluding carboxylic acids is 1. The van der Waals surface area contributed by atoms with E-state index in [1.165, 1.54) is 0 Å². The molecule has 4 nitrogen and oxygen atoms in total. The van der Waals surface area contributed by atoms with Crippen LogP contribution in [0.2, 0.25) is 0 Å². The van der Waals surface area contributed by atoms with E-state index in [1.807, 2.05) is 20.2 Å². The molecular weight excluding hydrogens is 226 g/mol. The average Bonchev–Trinajstić information content (AvgIpc) is 2.98. The lowest BCUT2D eigenvalue weighted by Crippen LogP contribution is -2.29. The molecule has 1 aliphatic carbocycles. The van der Waals surface area contributed by atoms with Gasteiger partial charge in [0.15, 0.2) is 0 Å². The van der Waals surface area contributed by atoms with Gasteiger partial charge < -0.3 is 5.32 Å². The summed E-state index contributed by atoms with van der Waals surface area (Å²) in [5, 5.41) is 6.56. The fourth-order valence-electron chi connectivity index (χ4n) is 1.68. The molecule has 1 aromatic heterocycles. The number of hydrogen-bond acceptors (Lipinski definition) is 2. The van der Waals surface area contributed by atoms with Crippen molar-refractivity contribution in [2.45, 2.75) is 37.6 Å². The third kappa shape index (κ3) is 2.38. The van der Waals surface area contributed by atoms with Crippen molar-refractivity contribution in [1.82, 2.24) is 15.1 Å². The molecule has 0 spiro atoms. The van der Waals surface area contributed by atoms with E-state index in [0.717, 1.165) is 30.5 Å². The number of nitrogens with one attached hydrogen (secondary N) is 1. The first-order valence-corrected chi connectivity index (χ1v) is 6.02. The maximum Gasteiger partial charge on any atom is 0.242 e. The van der Waals surface area contributed by atoms with Gasteiger partial charge in [-0.25, -0.2) is 0 Å². The fraction of sp³-hybridized carbons (Fsp3) is 0.636. The highest BCUT2D eigenvalue weighted by Gasteiger charge is 2.28. The summed E-state index contributed by atoms with van der Waals surface area (Å²) >= 11 is 6.16. The Balaban J connectivity index is 2.11. The van der Waals surface area contributed by atoms with Crippen LogP contribution in [0.3, 0.4) is 0 Å². The Kier molecular flexibility index (Phi) is 3.19. The van der Waals surface area contributed by atoms with Crippen molar-refractivity contribution in [3.05, 3.63) is 17.5 Å². The fourth-order valence-corrected chi connectivity index (χ4v) is 1.93. The highest BCUT2D eigenvalue weighted by molar-refractivity contribution is 6.30. The molecule has 0 bridgehead atoms. The third-order valence-corrected chi connectivity index (χ3v) is 3.13. The van der Waals surface area contributed by atoms with Crippen molar-refractivity contribution in [3.8, 4) is 0 Å². The van der Waals surface area contributed by atoms with Gasteiger partial charge in [-0.2, -0.15) is 5.10 Å². The minimum atomic E-state index is -0.621.